The van der Waals surface area contributed by atoms with Crippen molar-refractivity contribution < 1.29 is 5.21 Å². The smallest absolute Gasteiger partial charge is 0.0832 e. The molecule has 2 fully saturated rings. The van der Waals surface area contributed by atoms with Gasteiger partial charge in [0.2, 0.25) is 0 Å². The molecule has 1 N–H and O–H groups in total. The highest BCUT2D eigenvalue weighted by atomic mass is 16.4. The Morgan fingerprint density at radius 3 is 2.18 bits per heavy atom. The molecule has 110 valence electrons. The van der Waals surface area contributed by atoms with Crippen LogP contribution in [0.1, 0.15) is 25.3 Å². The molecule has 3 atom stereocenters. The van der Waals surface area contributed by atoms with Gasteiger partial charge in [0.15, 0.2) is 0 Å². The molecule has 2 aliphatic carbocycles. The zero-order valence-corrected chi connectivity index (χ0v) is 12.3. The van der Waals surface area contributed by atoms with Crippen molar-refractivity contribution >= 4 is 27.5 Å². The van der Waals surface area contributed by atoms with E-state index in [1.807, 2.05) is 0 Å². The average Bonchev–Trinajstić information content (AvgIpc) is 3.25. The number of rotatable bonds is 1. The topological polar surface area (TPSA) is 37.5 Å². The molecule has 0 spiro atoms. The lowest BCUT2D eigenvalue weighted by atomic mass is 9.93. The van der Waals surface area contributed by atoms with Gasteiger partial charge in [0.1, 0.15) is 0 Å². The van der Waals surface area contributed by atoms with Crippen molar-refractivity contribution in [3.63, 3.8) is 0 Å². The average molecular weight is 290 g/mol. The van der Waals surface area contributed by atoms with Crippen LogP contribution in [0.5, 0.6) is 0 Å². The molecule has 1 heterocycles. The summed E-state index contributed by atoms with van der Waals surface area (Å²) < 4.78 is 2.42. The van der Waals surface area contributed by atoms with Crippen molar-refractivity contribution in [2.75, 3.05) is 0 Å². The van der Waals surface area contributed by atoms with Crippen LogP contribution in [-0.2, 0) is 0 Å². The summed E-state index contributed by atoms with van der Waals surface area (Å²) in [4.78, 5) is 0. The summed E-state index contributed by atoms with van der Waals surface area (Å²) in [5.74, 6) is 1.08. The standard InChI is InChI=1S/C19H18N2O/c22-20-18-12-9-10-13(11-12)19(18)21-16-7-3-1-5-14(16)15-6-2-4-8-17(15)21/h1-8,12-13,19,22H,9-11H2/b20-18+/t12-,13-,19-/m0/s1. The van der Waals surface area contributed by atoms with Crippen LogP contribution < -0.4 is 0 Å². The lowest BCUT2D eigenvalue weighted by molar-refractivity contribution is 0.308. The van der Waals surface area contributed by atoms with Crippen LogP contribution in [0.25, 0.3) is 21.8 Å². The summed E-state index contributed by atoms with van der Waals surface area (Å²) in [5.41, 5.74) is 3.49. The minimum atomic E-state index is 0.216. The first-order valence-electron chi connectivity index (χ1n) is 8.08. The Balaban J connectivity index is 1.87. The second kappa shape index (κ2) is 4.35. The number of nitrogens with zero attached hydrogens (tertiary/aromatic N) is 2. The number of oxime groups is 1. The van der Waals surface area contributed by atoms with Crippen molar-refractivity contribution in [3.8, 4) is 0 Å². The predicted octanol–water partition coefficient (Wildman–Crippen LogP) is 4.60. The lowest BCUT2D eigenvalue weighted by Crippen LogP contribution is -2.25. The molecule has 3 heteroatoms. The zero-order chi connectivity index (χ0) is 14.7. The number of benzene rings is 2. The van der Waals surface area contributed by atoms with Gasteiger partial charge in [-0.1, -0.05) is 41.6 Å². The second-order valence-electron chi connectivity index (χ2n) is 6.64. The minimum Gasteiger partial charge on any atom is -0.411 e. The molecule has 2 bridgehead atoms. The van der Waals surface area contributed by atoms with E-state index in [9.17, 15) is 5.21 Å². The second-order valence-corrected chi connectivity index (χ2v) is 6.64. The molecule has 2 aliphatic rings. The van der Waals surface area contributed by atoms with Crippen LogP contribution in [0.4, 0.5) is 0 Å². The van der Waals surface area contributed by atoms with E-state index < -0.39 is 0 Å². The van der Waals surface area contributed by atoms with Crippen LogP contribution in [0, 0.1) is 11.8 Å². The van der Waals surface area contributed by atoms with E-state index in [0.717, 1.165) is 5.71 Å². The zero-order valence-electron chi connectivity index (χ0n) is 12.3. The van der Waals surface area contributed by atoms with Crippen LogP contribution in [0.2, 0.25) is 0 Å². The molecule has 0 unspecified atom stereocenters. The largest absolute Gasteiger partial charge is 0.411 e. The van der Waals surface area contributed by atoms with Gasteiger partial charge in [0, 0.05) is 27.7 Å². The Bertz CT molecular complexity index is 855. The Morgan fingerprint density at radius 1 is 0.909 bits per heavy atom. The van der Waals surface area contributed by atoms with E-state index in [-0.39, 0.29) is 6.04 Å². The maximum atomic E-state index is 9.58. The molecule has 2 saturated carbocycles. The third-order valence-electron chi connectivity index (χ3n) is 5.65. The molecule has 0 amide bonds. The van der Waals surface area contributed by atoms with E-state index in [1.54, 1.807) is 0 Å². The third kappa shape index (κ3) is 1.43. The van der Waals surface area contributed by atoms with Gasteiger partial charge in [0.25, 0.3) is 0 Å². The van der Waals surface area contributed by atoms with E-state index in [1.165, 1.54) is 41.1 Å². The van der Waals surface area contributed by atoms with Gasteiger partial charge in [-0.25, -0.2) is 0 Å². The number of para-hydroxylation sites is 2. The molecule has 1 aromatic heterocycles. The first-order valence-corrected chi connectivity index (χ1v) is 8.08. The first-order chi connectivity index (χ1) is 10.9. The third-order valence-corrected chi connectivity index (χ3v) is 5.65. The predicted molar refractivity (Wildman–Crippen MR) is 88.5 cm³/mol. The number of fused-ring (bicyclic) bond motifs is 5. The first kappa shape index (κ1) is 12.3. The van der Waals surface area contributed by atoms with Crippen LogP contribution in [0.3, 0.4) is 0 Å². The summed E-state index contributed by atoms with van der Waals surface area (Å²) in [5, 5.41) is 15.9. The van der Waals surface area contributed by atoms with Gasteiger partial charge >= 0.3 is 0 Å². The normalized spacial score (nSPS) is 29.1. The van der Waals surface area contributed by atoms with E-state index in [4.69, 9.17) is 0 Å². The van der Waals surface area contributed by atoms with Crippen LogP contribution in [-0.4, -0.2) is 15.5 Å². The lowest BCUT2D eigenvalue weighted by Gasteiger charge is -2.26. The summed E-state index contributed by atoms with van der Waals surface area (Å²) in [6.45, 7) is 0. The van der Waals surface area contributed by atoms with Gasteiger partial charge in [-0.2, -0.15) is 0 Å². The molecule has 0 aliphatic heterocycles. The summed E-state index contributed by atoms with van der Waals surface area (Å²) in [6.07, 6.45) is 3.60. The van der Waals surface area contributed by atoms with E-state index >= 15 is 0 Å². The maximum Gasteiger partial charge on any atom is 0.0832 e. The van der Waals surface area contributed by atoms with Crippen molar-refractivity contribution in [2.24, 2.45) is 17.0 Å². The minimum absolute atomic E-state index is 0.216. The Hall–Kier alpha value is -2.29. The molecule has 22 heavy (non-hydrogen) atoms. The van der Waals surface area contributed by atoms with Crippen molar-refractivity contribution in [2.45, 2.75) is 25.3 Å². The molecule has 5 rings (SSSR count). The molecule has 2 aromatic carbocycles. The van der Waals surface area contributed by atoms with Gasteiger partial charge in [-0.3, -0.25) is 0 Å². The van der Waals surface area contributed by atoms with E-state index in [2.05, 4.69) is 58.3 Å². The van der Waals surface area contributed by atoms with E-state index in [0.29, 0.717) is 11.8 Å². The molecule has 0 radical (unpaired) electrons. The molecular weight excluding hydrogens is 272 g/mol. The Labute approximate surface area is 128 Å². The highest BCUT2D eigenvalue weighted by molar-refractivity contribution is 6.09. The Morgan fingerprint density at radius 2 is 1.55 bits per heavy atom. The van der Waals surface area contributed by atoms with Crippen LogP contribution in [0.15, 0.2) is 53.7 Å². The summed E-state index contributed by atoms with van der Waals surface area (Å²) in [6, 6.07) is 17.4. The fourth-order valence-corrected chi connectivity index (χ4v) is 4.79. The van der Waals surface area contributed by atoms with Gasteiger partial charge in [-0.05, 0) is 37.3 Å². The SMILES string of the molecule is O/N=C1\[C@H]2CC[C@@H](C2)[C@@H]1n1c2ccccc2c2ccccc21. The molecule has 3 aromatic rings. The fraction of sp³-hybridized carbons (Fsp3) is 0.316. The van der Waals surface area contributed by atoms with Crippen LogP contribution >= 0.6 is 0 Å². The quantitative estimate of drug-likeness (QED) is 0.516. The van der Waals surface area contributed by atoms with Gasteiger partial charge < -0.3 is 9.77 Å². The Kier molecular flexibility index (Phi) is 2.43. The molecular formula is C19H18N2O. The van der Waals surface area contributed by atoms with Gasteiger partial charge in [-0.15, -0.1) is 0 Å². The van der Waals surface area contributed by atoms with Crippen molar-refractivity contribution in [1.29, 1.82) is 0 Å². The van der Waals surface area contributed by atoms with Crippen molar-refractivity contribution in [3.05, 3.63) is 48.5 Å². The number of hydrogen-bond acceptors (Lipinski definition) is 2. The fourth-order valence-electron chi connectivity index (χ4n) is 4.79. The highest BCUT2D eigenvalue weighted by Gasteiger charge is 2.47. The number of aromatic nitrogens is 1. The monoisotopic (exact) mass is 290 g/mol. The highest BCUT2D eigenvalue weighted by Crippen LogP contribution is 2.51. The molecule has 3 nitrogen and oxygen atoms in total. The number of hydrogen-bond donors (Lipinski definition) is 1. The van der Waals surface area contributed by atoms with Gasteiger partial charge in [0.05, 0.1) is 11.8 Å². The summed E-state index contributed by atoms with van der Waals surface area (Å²) >= 11 is 0. The molecule has 0 saturated heterocycles. The van der Waals surface area contributed by atoms with Crippen molar-refractivity contribution in [1.82, 2.24) is 4.57 Å². The summed E-state index contributed by atoms with van der Waals surface area (Å²) in [7, 11) is 0. The maximum absolute atomic E-state index is 9.58.